The molecule has 2 rings (SSSR count). The van der Waals surface area contributed by atoms with E-state index in [0.717, 1.165) is 0 Å². The summed E-state index contributed by atoms with van der Waals surface area (Å²) < 4.78 is 0. The Morgan fingerprint density at radius 2 is 1.36 bits per heavy atom. The van der Waals surface area contributed by atoms with Crippen molar-refractivity contribution in [3.8, 4) is 5.75 Å². The van der Waals surface area contributed by atoms with Crippen LogP contribution in [0.5, 0.6) is 5.75 Å². The number of hydrogen-bond donors (Lipinski definition) is 1. The molecule has 0 saturated carbocycles. The van der Waals surface area contributed by atoms with E-state index < -0.39 is 0 Å². The van der Waals surface area contributed by atoms with Crippen molar-refractivity contribution in [3.63, 3.8) is 0 Å². The molecule has 1 N–H and O–H groups in total. The summed E-state index contributed by atoms with van der Waals surface area (Å²) in [5, 5.41) is 9.16. The van der Waals surface area contributed by atoms with Crippen molar-refractivity contribution in [1.82, 2.24) is 0 Å². The van der Waals surface area contributed by atoms with Gasteiger partial charge < -0.3 is 5.11 Å². The molecule has 1 aliphatic rings. The topological polar surface area (TPSA) is 20.2 Å². The lowest BCUT2D eigenvalue weighted by Crippen LogP contribution is -1.89. The summed E-state index contributed by atoms with van der Waals surface area (Å²) in [6, 6.07) is 7.32. The minimum absolute atomic E-state index is 0.311. The minimum atomic E-state index is 0.311. The minimum Gasteiger partial charge on any atom is -0.508 e. The quantitative estimate of drug-likeness (QED) is 0.710. The molecule has 0 bridgehead atoms. The number of phenols is 1. The lowest BCUT2D eigenvalue weighted by Gasteiger charge is -2.07. The molecule has 70 valence electrons. The second kappa shape index (κ2) is 3.97. The molecule has 0 aliphatic heterocycles. The average molecular weight is 184 g/mol. The van der Waals surface area contributed by atoms with Crippen molar-refractivity contribution >= 4 is 0 Å². The number of aromatic hydroxyl groups is 1. The van der Waals surface area contributed by atoms with Gasteiger partial charge in [0, 0.05) is 5.92 Å². The van der Waals surface area contributed by atoms with Gasteiger partial charge in [0.1, 0.15) is 5.75 Å². The Balaban J connectivity index is 2.27. The van der Waals surface area contributed by atoms with Gasteiger partial charge in [0.05, 0.1) is 0 Å². The van der Waals surface area contributed by atoms with E-state index in [9.17, 15) is 0 Å². The Bertz CT molecular complexity index is 366. The van der Waals surface area contributed by atoms with Crippen LogP contribution in [0.3, 0.4) is 0 Å². The van der Waals surface area contributed by atoms with Crippen molar-refractivity contribution in [2.75, 3.05) is 0 Å². The van der Waals surface area contributed by atoms with Crippen LogP contribution in [0.2, 0.25) is 0 Å². The van der Waals surface area contributed by atoms with Crippen molar-refractivity contribution in [1.29, 1.82) is 0 Å². The maximum absolute atomic E-state index is 9.16. The first-order valence-corrected chi connectivity index (χ1v) is 4.67. The monoisotopic (exact) mass is 184 g/mol. The van der Waals surface area contributed by atoms with E-state index in [4.69, 9.17) is 5.11 Å². The predicted octanol–water partition coefficient (Wildman–Crippen LogP) is 3.16. The van der Waals surface area contributed by atoms with Gasteiger partial charge in [0.15, 0.2) is 0 Å². The molecular formula is C13H12O. The summed E-state index contributed by atoms with van der Waals surface area (Å²) in [6.07, 6.45) is 12.4. The van der Waals surface area contributed by atoms with Gasteiger partial charge in [0.2, 0.25) is 0 Å². The van der Waals surface area contributed by atoms with Crippen LogP contribution in [0, 0.1) is 0 Å². The van der Waals surface area contributed by atoms with Gasteiger partial charge in [-0.2, -0.15) is 0 Å². The highest BCUT2D eigenvalue weighted by molar-refractivity contribution is 5.36. The molecular weight excluding hydrogens is 172 g/mol. The van der Waals surface area contributed by atoms with Gasteiger partial charge in [0.25, 0.3) is 0 Å². The summed E-state index contributed by atoms with van der Waals surface area (Å²) in [4.78, 5) is 0. The van der Waals surface area contributed by atoms with Crippen LogP contribution in [-0.4, -0.2) is 5.11 Å². The van der Waals surface area contributed by atoms with Gasteiger partial charge in [-0.05, 0) is 17.7 Å². The van der Waals surface area contributed by atoms with E-state index >= 15 is 0 Å². The molecule has 0 aromatic heterocycles. The third-order valence-corrected chi connectivity index (χ3v) is 2.25. The van der Waals surface area contributed by atoms with Gasteiger partial charge in [-0.3, -0.25) is 0 Å². The molecule has 1 aliphatic carbocycles. The highest BCUT2D eigenvalue weighted by atomic mass is 16.3. The zero-order valence-electron chi connectivity index (χ0n) is 7.80. The molecule has 1 heteroatoms. The number of allylic oxidation sites excluding steroid dienone is 6. The van der Waals surface area contributed by atoms with Gasteiger partial charge >= 0.3 is 0 Å². The molecule has 0 spiro atoms. The third kappa shape index (κ3) is 1.94. The van der Waals surface area contributed by atoms with Crippen LogP contribution in [0.15, 0.2) is 60.7 Å². The number of phenolic OH excluding ortho intramolecular Hbond substituents is 1. The van der Waals surface area contributed by atoms with Crippen LogP contribution >= 0.6 is 0 Å². The molecule has 0 saturated heterocycles. The van der Waals surface area contributed by atoms with Crippen LogP contribution in [0.25, 0.3) is 0 Å². The highest BCUT2D eigenvalue weighted by Crippen LogP contribution is 2.22. The Labute approximate surface area is 83.7 Å². The normalized spacial score (nSPS) is 15.7. The molecule has 0 atom stereocenters. The Kier molecular flexibility index (Phi) is 2.50. The average Bonchev–Trinajstić information content (AvgIpc) is 2.47. The first kappa shape index (κ1) is 8.82. The van der Waals surface area contributed by atoms with Crippen LogP contribution in [-0.2, 0) is 0 Å². The van der Waals surface area contributed by atoms with Crippen molar-refractivity contribution in [3.05, 3.63) is 66.3 Å². The SMILES string of the molecule is Oc1ccc(C2C=CC=CC=C2)cc1. The van der Waals surface area contributed by atoms with Crippen molar-refractivity contribution in [2.24, 2.45) is 0 Å². The summed E-state index contributed by atoms with van der Waals surface area (Å²) >= 11 is 0. The van der Waals surface area contributed by atoms with Crippen molar-refractivity contribution in [2.45, 2.75) is 5.92 Å². The van der Waals surface area contributed by atoms with E-state index in [2.05, 4.69) is 12.2 Å². The second-order valence-electron chi connectivity index (χ2n) is 3.27. The molecule has 0 radical (unpaired) electrons. The summed E-state index contributed by atoms with van der Waals surface area (Å²) in [6.45, 7) is 0. The van der Waals surface area contributed by atoms with E-state index in [1.165, 1.54) is 5.56 Å². The van der Waals surface area contributed by atoms with Gasteiger partial charge in [-0.25, -0.2) is 0 Å². The summed E-state index contributed by atoms with van der Waals surface area (Å²) in [5.41, 5.74) is 1.19. The fourth-order valence-corrected chi connectivity index (χ4v) is 1.48. The standard InChI is InChI=1S/C13H12O/c14-13-9-7-12(8-10-13)11-5-3-1-2-4-6-11/h1-11,14H. The number of hydrogen-bond acceptors (Lipinski definition) is 1. The summed E-state index contributed by atoms with van der Waals surface area (Å²) in [5.74, 6) is 0.624. The van der Waals surface area contributed by atoms with Gasteiger partial charge in [-0.1, -0.05) is 48.6 Å². The molecule has 0 heterocycles. The zero-order valence-corrected chi connectivity index (χ0v) is 7.80. The van der Waals surface area contributed by atoms with E-state index in [1.807, 2.05) is 36.4 Å². The Morgan fingerprint density at radius 1 is 0.786 bits per heavy atom. The Morgan fingerprint density at radius 3 is 1.93 bits per heavy atom. The van der Waals surface area contributed by atoms with Gasteiger partial charge in [-0.15, -0.1) is 0 Å². The van der Waals surface area contributed by atoms with E-state index in [1.54, 1.807) is 12.1 Å². The molecule has 0 unspecified atom stereocenters. The fraction of sp³-hybridized carbons (Fsp3) is 0.0769. The van der Waals surface area contributed by atoms with E-state index in [0.29, 0.717) is 11.7 Å². The smallest absolute Gasteiger partial charge is 0.115 e. The number of rotatable bonds is 1. The predicted molar refractivity (Wildman–Crippen MR) is 58.3 cm³/mol. The van der Waals surface area contributed by atoms with Crippen LogP contribution < -0.4 is 0 Å². The number of benzene rings is 1. The first-order chi connectivity index (χ1) is 6.86. The molecule has 1 nitrogen and oxygen atoms in total. The van der Waals surface area contributed by atoms with Crippen molar-refractivity contribution < 1.29 is 5.11 Å². The first-order valence-electron chi connectivity index (χ1n) is 4.67. The third-order valence-electron chi connectivity index (χ3n) is 2.25. The van der Waals surface area contributed by atoms with Crippen LogP contribution in [0.1, 0.15) is 11.5 Å². The highest BCUT2D eigenvalue weighted by Gasteiger charge is 2.03. The van der Waals surface area contributed by atoms with Crippen LogP contribution in [0.4, 0.5) is 0 Å². The molecule has 1 aromatic carbocycles. The Hall–Kier alpha value is -1.76. The molecule has 0 amide bonds. The molecule has 1 aromatic rings. The van der Waals surface area contributed by atoms with E-state index in [-0.39, 0.29) is 0 Å². The zero-order chi connectivity index (χ0) is 9.80. The largest absolute Gasteiger partial charge is 0.508 e. The maximum atomic E-state index is 9.16. The fourth-order valence-electron chi connectivity index (χ4n) is 1.48. The molecule has 14 heavy (non-hydrogen) atoms. The lowest BCUT2D eigenvalue weighted by atomic mass is 9.98. The second-order valence-corrected chi connectivity index (χ2v) is 3.27. The summed E-state index contributed by atoms with van der Waals surface area (Å²) in [7, 11) is 0. The maximum Gasteiger partial charge on any atom is 0.115 e. The lowest BCUT2D eigenvalue weighted by molar-refractivity contribution is 0.475. The molecule has 0 fully saturated rings.